The van der Waals surface area contributed by atoms with Gasteiger partial charge in [-0.1, -0.05) is 11.6 Å². The Kier molecular flexibility index (Phi) is 6.19. The highest BCUT2D eigenvalue weighted by Crippen LogP contribution is 2.25. The first-order chi connectivity index (χ1) is 11.9. The van der Waals surface area contributed by atoms with Crippen molar-refractivity contribution in [3.05, 3.63) is 63.2 Å². The van der Waals surface area contributed by atoms with E-state index in [0.29, 0.717) is 17.3 Å². The number of amides is 1. The zero-order chi connectivity index (χ0) is 18.4. The predicted octanol–water partition coefficient (Wildman–Crippen LogP) is 3.41. The Morgan fingerprint density at radius 2 is 1.92 bits per heavy atom. The van der Waals surface area contributed by atoms with E-state index in [1.54, 1.807) is 31.3 Å². The van der Waals surface area contributed by atoms with Gasteiger partial charge in [0.1, 0.15) is 18.1 Å². The molecule has 8 heteroatoms. The van der Waals surface area contributed by atoms with Gasteiger partial charge in [0.15, 0.2) is 0 Å². The minimum Gasteiger partial charge on any atom is -0.496 e. The van der Waals surface area contributed by atoms with Gasteiger partial charge in [-0.25, -0.2) is 0 Å². The Bertz CT molecular complexity index is 764. The van der Waals surface area contributed by atoms with Crippen LogP contribution in [-0.4, -0.2) is 43.0 Å². The van der Waals surface area contributed by atoms with Crippen molar-refractivity contribution in [3.8, 4) is 11.5 Å². The lowest BCUT2D eigenvalue weighted by molar-refractivity contribution is -0.384. The molecular weight excluding hydrogens is 348 g/mol. The highest BCUT2D eigenvalue weighted by Gasteiger charge is 2.20. The minimum absolute atomic E-state index is 0.130. The number of likely N-dealkylation sites (N-methyl/N-ethyl adjacent to an activating group) is 1. The Balaban J connectivity index is 2.02. The number of halogens is 1. The van der Waals surface area contributed by atoms with Gasteiger partial charge in [0, 0.05) is 24.2 Å². The second-order valence-electron chi connectivity index (χ2n) is 5.17. The van der Waals surface area contributed by atoms with Crippen molar-refractivity contribution in [1.82, 2.24) is 4.90 Å². The number of carbonyl (C=O) groups is 1. The minimum atomic E-state index is -0.556. The topological polar surface area (TPSA) is 81.9 Å². The molecule has 0 bridgehead atoms. The summed E-state index contributed by atoms with van der Waals surface area (Å²) in [5, 5.41) is 11.5. The molecule has 0 aliphatic rings. The third-order valence-corrected chi connectivity index (χ3v) is 3.73. The van der Waals surface area contributed by atoms with E-state index >= 15 is 0 Å². The molecule has 0 N–H and O–H groups in total. The van der Waals surface area contributed by atoms with Crippen molar-refractivity contribution in [1.29, 1.82) is 0 Å². The zero-order valence-corrected chi connectivity index (χ0v) is 14.5. The lowest BCUT2D eigenvalue weighted by Gasteiger charge is -2.18. The van der Waals surface area contributed by atoms with Crippen LogP contribution in [0.1, 0.15) is 10.4 Å². The van der Waals surface area contributed by atoms with E-state index in [-0.39, 0.29) is 29.5 Å². The van der Waals surface area contributed by atoms with Crippen LogP contribution in [0.3, 0.4) is 0 Å². The number of non-ortho nitro benzene ring substituents is 1. The Hall–Kier alpha value is -2.80. The van der Waals surface area contributed by atoms with Gasteiger partial charge in [-0.05, 0) is 30.3 Å². The van der Waals surface area contributed by atoms with Crippen molar-refractivity contribution in [2.75, 3.05) is 27.3 Å². The SMILES string of the molecule is COc1ccc([N+](=O)[O-])cc1C(=O)N(C)CCOc1ccc(Cl)cc1. The molecular formula is C17H17ClN2O5. The van der Waals surface area contributed by atoms with Crippen LogP contribution in [0.4, 0.5) is 5.69 Å². The van der Waals surface area contributed by atoms with Crippen LogP contribution in [-0.2, 0) is 0 Å². The number of nitro benzene ring substituents is 1. The molecule has 0 atom stereocenters. The fourth-order valence-electron chi connectivity index (χ4n) is 2.12. The van der Waals surface area contributed by atoms with Crippen LogP contribution in [0.25, 0.3) is 0 Å². The van der Waals surface area contributed by atoms with Crippen LogP contribution in [0.5, 0.6) is 11.5 Å². The highest BCUT2D eigenvalue weighted by atomic mass is 35.5. The number of rotatable bonds is 7. The maximum Gasteiger partial charge on any atom is 0.270 e. The number of nitro groups is 1. The number of carbonyl (C=O) groups excluding carboxylic acids is 1. The molecule has 0 saturated carbocycles. The second-order valence-corrected chi connectivity index (χ2v) is 5.61. The Morgan fingerprint density at radius 3 is 2.52 bits per heavy atom. The van der Waals surface area contributed by atoms with Gasteiger partial charge in [0.05, 0.1) is 24.1 Å². The average molecular weight is 365 g/mol. The average Bonchev–Trinajstić information content (AvgIpc) is 2.62. The van der Waals surface area contributed by atoms with Crippen molar-refractivity contribution >= 4 is 23.2 Å². The summed E-state index contributed by atoms with van der Waals surface area (Å²) in [6, 6.07) is 10.8. The molecule has 1 amide bonds. The molecule has 7 nitrogen and oxygen atoms in total. The third kappa shape index (κ3) is 4.84. The number of methoxy groups -OCH3 is 1. The molecule has 2 rings (SSSR count). The van der Waals surface area contributed by atoms with Crippen molar-refractivity contribution in [2.24, 2.45) is 0 Å². The van der Waals surface area contributed by atoms with Crippen LogP contribution < -0.4 is 9.47 Å². The summed E-state index contributed by atoms with van der Waals surface area (Å²) in [5.41, 5.74) is -0.0411. The zero-order valence-electron chi connectivity index (χ0n) is 13.8. The molecule has 0 fully saturated rings. The van der Waals surface area contributed by atoms with Gasteiger partial charge in [0.25, 0.3) is 11.6 Å². The van der Waals surface area contributed by atoms with Crippen LogP contribution in [0.15, 0.2) is 42.5 Å². The van der Waals surface area contributed by atoms with Crippen LogP contribution in [0, 0.1) is 10.1 Å². The molecule has 132 valence electrons. The summed E-state index contributed by atoms with van der Waals surface area (Å²) in [4.78, 5) is 24.3. The standard InChI is InChI=1S/C17H17ClN2O5/c1-19(9-10-25-14-6-3-12(18)4-7-14)17(21)15-11-13(20(22)23)5-8-16(15)24-2/h3-8,11H,9-10H2,1-2H3. The molecule has 0 aliphatic carbocycles. The Morgan fingerprint density at radius 1 is 1.24 bits per heavy atom. The number of hydrogen-bond acceptors (Lipinski definition) is 5. The molecule has 0 saturated heterocycles. The first-order valence-corrected chi connectivity index (χ1v) is 7.76. The molecule has 0 heterocycles. The molecule has 0 aliphatic heterocycles. The molecule has 25 heavy (non-hydrogen) atoms. The lowest BCUT2D eigenvalue weighted by atomic mass is 10.1. The van der Waals surface area contributed by atoms with E-state index in [0.717, 1.165) is 0 Å². The van der Waals surface area contributed by atoms with Gasteiger partial charge in [-0.3, -0.25) is 14.9 Å². The van der Waals surface area contributed by atoms with Crippen LogP contribution >= 0.6 is 11.6 Å². The van der Waals surface area contributed by atoms with E-state index in [9.17, 15) is 14.9 Å². The van der Waals surface area contributed by atoms with Crippen molar-refractivity contribution < 1.29 is 19.2 Å². The smallest absolute Gasteiger partial charge is 0.270 e. The van der Waals surface area contributed by atoms with Gasteiger partial charge in [0.2, 0.25) is 0 Å². The predicted molar refractivity (Wildman–Crippen MR) is 93.6 cm³/mol. The maximum atomic E-state index is 12.5. The molecule has 2 aromatic rings. The number of hydrogen-bond donors (Lipinski definition) is 0. The van der Waals surface area contributed by atoms with Crippen LogP contribution in [0.2, 0.25) is 5.02 Å². The summed E-state index contributed by atoms with van der Waals surface area (Å²) in [6.45, 7) is 0.564. The second kappa shape index (κ2) is 8.34. The van der Waals surface area contributed by atoms with Crippen molar-refractivity contribution in [3.63, 3.8) is 0 Å². The molecule has 0 aromatic heterocycles. The summed E-state index contributed by atoms with van der Waals surface area (Å²) < 4.78 is 10.7. The summed E-state index contributed by atoms with van der Waals surface area (Å²) in [6.07, 6.45) is 0. The summed E-state index contributed by atoms with van der Waals surface area (Å²) in [7, 11) is 2.99. The van der Waals surface area contributed by atoms with Gasteiger partial charge in [-0.15, -0.1) is 0 Å². The molecule has 0 unspecified atom stereocenters. The normalized spacial score (nSPS) is 10.2. The van der Waals surface area contributed by atoms with Gasteiger partial charge < -0.3 is 14.4 Å². The number of nitrogens with zero attached hydrogens (tertiary/aromatic N) is 2. The third-order valence-electron chi connectivity index (χ3n) is 3.48. The molecule has 0 spiro atoms. The fraction of sp³-hybridized carbons (Fsp3) is 0.235. The molecule has 0 radical (unpaired) electrons. The van der Waals surface area contributed by atoms with E-state index in [1.165, 1.54) is 30.2 Å². The van der Waals surface area contributed by atoms with Gasteiger partial charge >= 0.3 is 0 Å². The first kappa shape index (κ1) is 18.5. The monoisotopic (exact) mass is 364 g/mol. The quantitative estimate of drug-likeness (QED) is 0.555. The molecule has 2 aromatic carbocycles. The Labute approximate surface area is 149 Å². The maximum absolute atomic E-state index is 12.5. The highest BCUT2D eigenvalue weighted by molar-refractivity contribution is 6.30. The fourth-order valence-corrected chi connectivity index (χ4v) is 2.24. The van der Waals surface area contributed by atoms with E-state index in [1.807, 2.05) is 0 Å². The van der Waals surface area contributed by atoms with E-state index < -0.39 is 4.92 Å². The summed E-state index contributed by atoms with van der Waals surface area (Å²) >= 11 is 5.80. The number of benzene rings is 2. The lowest BCUT2D eigenvalue weighted by Crippen LogP contribution is -2.31. The van der Waals surface area contributed by atoms with E-state index in [4.69, 9.17) is 21.1 Å². The first-order valence-electron chi connectivity index (χ1n) is 7.38. The largest absolute Gasteiger partial charge is 0.496 e. The number of ether oxygens (including phenoxy) is 2. The summed E-state index contributed by atoms with van der Waals surface area (Å²) in [5.74, 6) is 0.527. The van der Waals surface area contributed by atoms with Crippen molar-refractivity contribution in [2.45, 2.75) is 0 Å². The van der Waals surface area contributed by atoms with E-state index in [2.05, 4.69) is 0 Å². The van der Waals surface area contributed by atoms with Gasteiger partial charge in [-0.2, -0.15) is 0 Å².